The Morgan fingerprint density at radius 3 is 2.63 bits per heavy atom. The molecule has 0 saturated carbocycles. The summed E-state index contributed by atoms with van der Waals surface area (Å²) in [4.78, 5) is 27.1. The van der Waals surface area contributed by atoms with Crippen LogP contribution < -0.4 is 14.8 Å². The van der Waals surface area contributed by atoms with Crippen molar-refractivity contribution >= 4 is 67.6 Å². The maximum absolute atomic E-state index is 12.4. The summed E-state index contributed by atoms with van der Waals surface area (Å²) in [6.45, 7) is 0.164. The number of aromatic nitrogens is 1. The first-order valence-electron chi connectivity index (χ1n) is 10.1. The van der Waals surface area contributed by atoms with Crippen molar-refractivity contribution in [2.75, 3.05) is 12.4 Å². The lowest BCUT2D eigenvalue weighted by Gasteiger charge is -2.13. The van der Waals surface area contributed by atoms with E-state index in [-0.39, 0.29) is 12.3 Å². The molecule has 0 fully saturated rings. The van der Waals surface area contributed by atoms with E-state index in [4.69, 9.17) is 32.7 Å². The summed E-state index contributed by atoms with van der Waals surface area (Å²) >= 11 is 13.5. The Morgan fingerprint density at radius 1 is 1.14 bits per heavy atom. The van der Waals surface area contributed by atoms with Crippen LogP contribution in [0, 0.1) is 10.1 Å². The highest BCUT2D eigenvalue weighted by Gasteiger charge is 2.12. The summed E-state index contributed by atoms with van der Waals surface area (Å²) in [7, 11) is 1.52. The molecule has 0 bridgehead atoms. The van der Waals surface area contributed by atoms with Gasteiger partial charge in [0.05, 0.1) is 22.2 Å². The van der Waals surface area contributed by atoms with E-state index in [1.807, 2.05) is 0 Å². The highest BCUT2D eigenvalue weighted by atomic mass is 35.5. The number of methoxy groups -OCH3 is 1. The first-order chi connectivity index (χ1) is 16.8. The number of non-ortho nitro benzene ring substituents is 1. The van der Waals surface area contributed by atoms with Crippen molar-refractivity contribution in [1.82, 2.24) is 4.98 Å². The van der Waals surface area contributed by atoms with Crippen LogP contribution in [0.3, 0.4) is 0 Å². The van der Waals surface area contributed by atoms with Gasteiger partial charge in [-0.1, -0.05) is 46.7 Å². The van der Waals surface area contributed by atoms with Gasteiger partial charge in [0.1, 0.15) is 6.61 Å². The van der Waals surface area contributed by atoms with Gasteiger partial charge in [-0.3, -0.25) is 20.2 Å². The Bertz CT molecular complexity index is 1430. The molecule has 1 heterocycles. The van der Waals surface area contributed by atoms with Crippen LogP contribution in [0.2, 0.25) is 10.0 Å². The fourth-order valence-corrected chi connectivity index (χ4v) is 4.53. The number of carbonyl (C=O) groups excluding carboxylic acids is 1. The van der Waals surface area contributed by atoms with Crippen molar-refractivity contribution in [3.05, 3.63) is 92.0 Å². The maximum atomic E-state index is 12.4. The van der Waals surface area contributed by atoms with Gasteiger partial charge in [-0.15, -0.1) is 0 Å². The molecule has 0 radical (unpaired) electrons. The average Bonchev–Trinajstić information content (AvgIpc) is 3.24. The second kappa shape index (κ2) is 10.7. The molecular weight excluding hydrogens is 513 g/mol. The summed E-state index contributed by atoms with van der Waals surface area (Å²) in [5.41, 5.74) is 1.91. The van der Waals surface area contributed by atoms with E-state index >= 15 is 0 Å². The number of nitrogens with one attached hydrogen (secondary N) is 1. The second-order valence-corrected chi connectivity index (χ2v) is 8.99. The van der Waals surface area contributed by atoms with Crippen LogP contribution in [0.4, 0.5) is 10.8 Å². The molecule has 0 aliphatic heterocycles. The van der Waals surface area contributed by atoms with Crippen molar-refractivity contribution in [1.29, 1.82) is 0 Å². The normalized spacial score (nSPS) is 11.1. The van der Waals surface area contributed by atoms with E-state index in [1.165, 1.54) is 25.3 Å². The molecule has 0 unspecified atom stereocenters. The molecule has 11 heteroatoms. The molecule has 0 atom stereocenters. The van der Waals surface area contributed by atoms with Crippen molar-refractivity contribution in [3.8, 4) is 11.5 Å². The standard InChI is InChI=1S/C24H17Cl2N3O5S/c1-33-21-11-14(5-9-20(21)34-13-16-17(25)3-2-4-18(16)26)6-10-23(30)28-24-27-19-8-7-15(29(31)32)12-22(19)35-24/h2-12H,13H2,1H3,(H,27,28,30)/b10-6+. The lowest BCUT2D eigenvalue weighted by Crippen LogP contribution is -2.07. The quantitative estimate of drug-likeness (QED) is 0.154. The molecule has 4 aromatic rings. The topological polar surface area (TPSA) is 104 Å². The predicted molar refractivity (Wildman–Crippen MR) is 138 cm³/mol. The van der Waals surface area contributed by atoms with E-state index < -0.39 is 10.8 Å². The summed E-state index contributed by atoms with van der Waals surface area (Å²) < 4.78 is 11.9. The number of carbonyl (C=O) groups is 1. The molecule has 0 aliphatic rings. The van der Waals surface area contributed by atoms with Crippen LogP contribution in [0.15, 0.2) is 60.7 Å². The van der Waals surface area contributed by atoms with Crippen LogP contribution in [0.5, 0.6) is 11.5 Å². The SMILES string of the molecule is COc1cc(/C=C/C(=O)Nc2nc3ccc([N+](=O)[O-])cc3s2)ccc1OCc1c(Cl)cccc1Cl. The molecule has 3 aromatic carbocycles. The fourth-order valence-electron chi connectivity index (χ4n) is 3.13. The predicted octanol–water partition coefficient (Wildman–Crippen LogP) is 6.75. The first-order valence-corrected chi connectivity index (χ1v) is 11.7. The number of hydrogen-bond donors (Lipinski definition) is 1. The number of fused-ring (bicyclic) bond motifs is 1. The van der Waals surface area contributed by atoms with Gasteiger partial charge in [0.2, 0.25) is 5.91 Å². The van der Waals surface area contributed by atoms with Gasteiger partial charge < -0.3 is 9.47 Å². The third-order valence-electron chi connectivity index (χ3n) is 4.86. The average molecular weight is 530 g/mol. The number of amides is 1. The molecule has 4 rings (SSSR count). The lowest BCUT2D eigenvalue weighted by atomic mass is 10.2. The van der Waals surface area contributed by atoms with Crippen molar-refractivity contribution in [2.45, 2.75) is 6.61 Å². The Kier molecular flexibility index (Phi) is 7.50. The molecule has 178 valence electrons. The highest BCUT2D eigenvalue weighted by molar-refractivity contribution is 7.22. The summed E-state index contributed by atoms with van der Waals surface area (Å²) in [5, 5.41) is 15.0. The Balaban J connectivity index is 1.42. The van der Waals surface area contributed by atoms with E-state index in [2.05, 4.69) is 10.3 Å². The van der Waals surface area contributed by atoms with E-state index in [1.54, 1.807) is 48.5 Å². The lowest BCUT2D eigenvalue weighted by molar-refractivity contribution is -0.384. The van der Waals surface area contributed by atoms with Gasteiger partial charge in [0.25, 0.3) is 5.69 Å². The second-order valence-electron chi connectivity index (χ2n) is 7.15. The zero-order chi connectivity index (χ0) is 24.9. The molecule has 35 heavy (non-hydrogen) atoms. The summed E-state index contributed by atoms with van der Waals surface area (Å²) in [6.07, 6.45) is 2.97. The first kappa shape index (κ1) is 24.5. The summed E-state index contributed by atoms with van der Waals surface area (Å²) in [5.74, 6) is 0.573. The third kappa shape index (κ3) is 5.89. The minimum atomic E-state index is -0.475. The zero-order valence-corrected chi connectivity index (χ0v) is 20.5. The number of rotatable bonds is 8. The van der Waals surface area contributed by atoms with Gasteiger partial charge in [-0.25, -0.2) is 4.98 Å². The van der Waals surface area contributed by atoms with E-state index in [0.29, 0.717) is 48.0 Å². The molecule has 8 nitrogen and oxygen atoms in total. The van der Waals surface area contributed by atoms with Crippen molar-refractivity contribution in [3.63, 3.8) is 0 Å². The monoisotopic (exact) mass is 529 g/mol. The molecule has 1 amide bonds. The molecule has 0 aliphatic carbocycles. The van der Waals surface area contributed by atoms with Gasteiger partial charge in [-0.05, 0) is 42.0 Å². The molecule has 0 spiro atoms. The Labute approximate surface area is 213 Å². The number of thiazole rings is 1. The summed E-state index contributed by atoms with van der Waals surface area (Å²) in [6, 6.07) is 14.8. The number of halogens is 2. The van der Waals surface area contributed by atoms with E-state index in [0.717, 1.165) is 11.3 Å². The molecule has 1 aromatic heterocycles. The molecule has 0 saturated heterocycles. The van der Waals surface area contributed by atoms with Crippen LogP contribution in [-0.4, -0.2) is 22.9 Å². The number of nitrogens with zero attached hydrogens (tertiary/aromatic N) is 2. The number of anilines is 1. The minimum Gasteiger partial charge on any atom is -0.493 e. The largest absolute Gasteiger partial charge is 0.493 e. The fraction of sp³-hybridized carbons (Fsp3) is 0.0833. The number of nitro benzene ring substituents is 1. The molecule has 1 N–H and O–H groups in total. The van der Waals surface area contributed by atoms with Crippen LogP contribution in [0.1, 0.15) is 11.1 Å². The zero-order valence-electron chi connectivity index (χ0n) is 18.2. The number of nitro groups is 1. The Morgan fingerprint density at radius 2 is 1.91 bits per heavy atom. The van der Waals surface area contributed by atoms with Crippen LogP contribution in [0.25, 0.3) is 16.3 Å². The van der Waals surface area contributed by atoms with Gasteiger partial charge in [0.15, 0.2) is 16.6 Å². The van der Waals surface area contributed by atoms with Gasteiger partial charge >= 0.3 is 0 Å². The van der Waals surface area contributed by atoms with Gasteiger partial charge in [-0.2, -0.15) is 0 Å². The smallest absolute Gasteiger partial charge is 0.270 e. The Hall–Kier alpha value is -3.66. The van der Waals surface area contributed by atoms with Crippen LogP contribution >= 0.6 is 34.5 Å². The third-order valence-corrected chi connectivity index (χ3v) is 6.50. The highest BCUT2D eigenvalue weighted by Crippen LogP contribution is 2.32. The van der Waals surface area contributed by atoms with E-state index in [9.17, 15) is 14.9 Å². The minimum absolute atomic E-state index is 0.0322. The number of benzene rings is 3. The van der Waals surface area contributed by atoms with Gasteiger partial charge in [0, 0.05) is 33.8 Å². The maximum Gasteiger partial charge on any atom is 0.270 e. The number of ether oxygens (including phenoxy) is 2. The van der Waals surface area contributed by atoms with Crippen molar-refractivity contribution < 1.29 is 19.2 Å². The number of hydrogen-bond acceptors (Lipinski definition) is 7. The van der Waals surface area contributed by atoms with Crippen molar-refractivity contribution in [2.24, 2.45) is 0 Å². The van der Waals surface area contributed by atoms with Crippen LogP contribution in [-0.2, 0) is 11.4 Å². The molecular formula is C24H17Cl2N3O5S.